The monoisotopic (exact) mass is 644 g/mol. The van der Waals surface area contributed by atoms with Gasteiger partial charge in [-0.15, -0.1) is 0 Å². The third-order valence-corrected chi connectivity index (χ3v) is 9.29. The molecule has 3 heterocycles. The van der Waals surface area contributed by atoms with Gasteiger partial charge in [0.05, 0.1) is 28.9 Å². The lowest BCUT2D eigenvalue weighted by molar-refractivity contribution is 0.954. The number of benzene rings is 7. The van der Waals surface area contributed by atoms with Crippen LogP contribution in [0.5, 0.6) is 0 Å². The van der Waals surface area contributed by atoms with Crippen LogP contribution in [0.4, 0.5) is 0 Å². The summed E-state index contributed by atoms with van der Waals surface area (Å²) in [6.07, 6.45) is 0. The molecular formula is C45H29N5. The van der Waals surface area contributed by atoms with Crippen molar-refractivity contribution in [3.63, 3.8) is 0 Å². The van der Waals surface area contributed by atoms with Crippen molar-refractivity contribution in [2.75, 3.05) is 0 Å². The standard InChI is InChI=1S/C45H29N5/c1-4-16-30(17-5-1)33-22-10-11-24-36(33)44-46-43(31-18-6-2-7-19-31)47-45(48-44)50-39-27-15-13-25-37(39)41-40(50)29-28-35-34-23-12-14-26-38(34)49(42(35)41)32-20-8-3-9-21-32/h1-29H/i3D,8D,9D,20D,21D. The Bertz CT molecular complexity index is 3130. The Hall–Kier alpha value is -6.85. The van der Waals surface area contributed by atoms with Gasteiger partial charge in [-0.2, -0.15) is 9.97 Å². The highest BCUT2D eigenvalue weighted by atomic mass is 15.2. The van der Waals surface area contributed by atoms with Gasteiger partial charge in [0.1, 0.15) is 0 Å². The quantitative estimate of drug-likeness (QED) is 0.187. The van der Waals surface area contributed by atoms with Crippen LogP contribution in [0.1, 0.15) is 6.85 Å². The maximum atomic E-state index is 9.04. The first-order valence-electron chi connectivity index (χ1n) is 18.9. The van der Waals surface area contributed by atoms with Crippen molar-refractivity contribution in [3.05, 3.63) is 176 Å². The summed E-state index contributed by atoms with van der Waals surface area (Å²) in [7, 11) is 0. The molecule has 0 unspecified atom stereocenters. The smallest absolute Gasteiger partial charge is 0.238 e. The largest absolute Gasteiger partial charge is 0.309 e. The second kappa shape index (κ2) is 11.4. The fraction of sp³-hybridized carbons (Fsp3) is 0. The summed E-state index contributed by atoms with van der Waals surface area (Å²) >= 11 is 0. The van der Waals surface area contributed by atoms with E-state index >= 15 is 0 Å². The molecule has 0 aliphatic heterocycles. The Morgan fingerprint density at radius 3 is 1.78 bits per heavy atom. The highest BCUT2D eigenvalue weighted by molar-refractivity contribution is 6.26. The van der Waals surface area contributed by atoms with Crippen molar-refractivity contribution in [3.8, 4) is 45.5 Å². The predicted molar refractivity (Wildman–Crippen MR) is 205 cm³/mol. The number of nitrogens with zero attached hydrogens (tertiary/aromatic N) is 5. The Kier molecular flexibility index (Phi) is 5.35. The minimum atomic E-state index is -0.435. The summed E-state index contributed by atoms with van der Waals surface area (Å²) in [5.74, 6) is 1.45. The summed E-state index contributed by atoms with van der Waals surface area (Å²) in [5, 5.41) is 3.52. The van der Waals surface area contributed by atoms with Crippen molar-refractivity contribution in [2.24, 2.45) is 0 Å². The molecule has 0 radical (unpaired) electrons. The van der Waals surface area contributed by atoms with E-state index in [2.05, 4.69) is 24.3 Å². The van der Waals surface area contributed by atoms with Crippen LogP contribution >= 0.6 is 0 Å². The predicted octanol–water partition coefficient (Wildman–Crippen LogP) is 11.1. The molecule has 0 N–H and O–H groups in total. The molecular weight excluding hydrogens is 611 g/mol. The number of aromatic nitrogens is 5. The van der Waals surface area contributed by atoms with Crippen molar-refractivity contribution >= 4 is 43.6 Å². The molecule has 0 fully saturated rings. The van der Waals surface area contributed by atoms with Gasteiger partial charge in [0, 0.05) is 38.4 Å². The Balaban J connectivity index is 1.34. The topological polar surface area (TPSA) is 48.5 Å². The van der Waals surface area contributed by atoms with Crippen LogP contribution in [-0.4, -0.2) is 24.1 Å². The van der Waals surface area contributed by atoms with E-state index in [9.17, 15) is 0 Å². The first kappa shape index (κ1) is 23.5. The van der Waals surface area contributed by atoms with Gasteiger partial charge >= 0.3 is 0 Å². The van der Waals surface area contributed by atoms with Crippen LogP contribution in [0.25, 0.3) is 89.2 Å². The van der Waals surface area contributed by atoms with Gasteiger partial charge in [0.15, 0.2) is 11.6 Å². The summed E-state index contributed by atoms with van der Waals surface area (Å²) in [5.41, 5.74) is 6.91. The molecule has 0 aliphatic carbocycles. The summed E-state index contributed by atoms with van der Waals surface area (Å²) in [6.45, 7) is 0. The second-order valence-electron chi connectivity index (χ2n) is 12.1. The maximum Gasteiger partial charge on any atom is 0.238 e. The van der Waals surface area contributed by atoms with E-state index in [1.54, 1.807) is 0 Å². The molecule has 234 valence electrons. The molecule has 0 saturated heterocycles. The maximum absolute atomic E-state index is 9.04. The number of hydrogen-bond donors (Lipinski definition) is 0. The van der Waals surface area contributed by atoms with Crippen molar-refractivity contribution in [2.45, 2.75) is 0 Å². The Morgan fingerprint density at radius 1 is 0.420 bits per heavy atom. The number of para-hydroxylation sites is 3. The lowest BCUT2D eigenvalue weighted by atomic mass is 9.99. The first-order chi connectivity index (χ1) is 26.9. The zero-order valence-electron chi connectivity index (χ0n) is 31.6. The van der Waals surface area contributed by atoms with E-state index in [-0.39, 0.29) is 17.8 Å². The van der Waals surface area contributed by atoms with E-state index in [1.165, 1.54) is 0 Å². The molecule has 0 aliphatic rings. The minimum Gasteiger partial charge on any atom is -0.309 e. The third kappa shape index (κ3) is 4.37. The summed E-state index contributed by atoms with van der Waals surface area (Å²) in [6, 6.07) is 46.3. The molecule has 0 bridgehead atoms. The van der Waals surface area contributed by atoms with Gasteiger partial charge in [-0.05, 0) is 41.4 Å². The van der Waals surface area contributed by atoms with Crippen LogP contribution in [0.3, 0.4) is 0 Å². The van der Waals surface area contributed by atoms with Gasteiger partial charge in [-0.3, -0.25) is 4.57 Å². The minimum absolute atomic E-state index is 0.0906. The third-order valence-electron chi connectivity index (χ3n) is 9.29. The second-order valence-corrected chi connectivity index (χ2v) is 12.1. The van der Waals surface area contributed by atoms with Crippen LogP contribution in [0.2, 0.25) is 0 Å². The van der Waals surface area contributed by atoms with E-state index in [0.29, 0.717) is 17.6 Å². The fourth-order valence-corrected chi connectivity index (χ4v) is 7.16. The number of hydrogen-bond acceptors (Lipinski definition) is 3. The zero-order chi connectivity index (χ0) is 37.4. The van der Waals surface area contributed by atoms with E-state index in [0.717, 1.165) is 65.9 Å². The SMILES string of the molecule is [2H]c1c([2H])c([2H])c(-n2c3ccccc3c3ccc4c(c5ccccc5n4-c4nc(-c5ccccc5)nc(-c5ccccc5-c5ccccc5)n4)c32)c([2H])c1[2H]. The van der Waals surface area contributed by atoms with Gasteiger partial charge in [0.25, 0.3) is 0 Å². The zero-order valence-corrected chi connectivity index (χ0v) is 26.6. The molecule has 0 spiro atoms. The molecule has 10 rings (SSSR count). The molecule has 50 heavy (non-hydrogen) atoms. The van der Waals surface area contributed by atoms with Gasteiger partial charge in [-0.25, -0.2) is 4.98 Å². The van der Waals surface area contributed by atoms with Crippen LogP contribution in [0, 0.1) is 0 Å². The van der Waals surface area contributed by atoms with Crippen molar-refractivity contribution in [1.29, 1.82) is 0 Å². The molecule has 5 heteroatoms. The summed E-state index contributed by atoms with van der Waals surface area (Å²) in [4.78, 5) is 15.4. The molecule has 10 aromatic rings. The molecule has 5 nitrogen and oxygen atoms in total. The van der Waals surface area contributed by atoms with Gasteiger partial charge in [0.2, 0.25) is 5.95 Å². The Morgan fingerprint density at radius 2 is 1.02 bits per heavy atom. The highest BCUT2D eigenvalue weighted by Gasteiger charge is 2.23. The summed E-state index contributed by atoms with van der Waals surface area (Å²) < 4.78 is 47.4. The molecule has 7 aromatic carbocycles. The van der Waals surface area contributed by atoms with E-state index < -0.39 is 18.1 Å². The van der Waals surface area contributed by atoms with E-state index in [4.69, 9.17) is 21.8 Å². The van der Waals surface area contributed by atoms with Crippen LogP contribution in [-0.2, 0) is 0 Å². The fourth-order valence-electron chi connectivity index (χ4n) is 7.16. The molecule has 3 aromatic heterocycles. The normalized spacial score (nSPS) is 13.0. The van der Waals surface area contributed by atoms with Gasteiger partial charge < -0.3 is 4.57 Å². The molecule has 0 atom stereocenters. The van der Waals surface area contributed by atoms with Crippen LogP contribution in [0.15, 0.2) is 176 Å². The lowest BCUT2D eigenvalue weighted by Crippen LogP contribution is -2.06. The van der Waals surface area contributed by atoms with Crippen LogP contribution < -0.4 is 0 Å². The first-order valence-corrected chi connectivity index (χ1v) is 16.4. The molecule has 0 saturated carbocycles. The molecule has 0 amide bonds. The van der Waals surface area contributed by atoms with Gasteiger partial charge in [-0.1, -0.05) is 146 Å². The lowest BCUT2D eigenvalue weighted by Gasteiger charge is -2.13. The van der Waals surface area contributed by atoms with E-state index in [1.807, 2.05) is 130 Å². The van der Waals surface area contributed by atoms with Crippen molar-refractivity contribution < 1.29 is 6.85 Å². The number of rotatable bonds is 5. The average molecular weight is 645 g/mol. The Labute approximate surface area is 295 Å². The number of fused-ring (bicyclic) bond motifs is 7. The van der Waals surface area contributed by atoms with Crippen molar-refractivity contribution in [1.82, 2.24) is 24.1 Å². The highest BCUT2D eigenvalue weighted by Crippen LogP contribution is 2.42. The average Bonchev–Trinajstić information content (AvgIpc) is 3.76.